The Kier molecular flexibility index (Phi) is 2.68. The summed E-state index contributed by atoms with van der Waals surface area (Å²) in [4.78, 5) is 0. The van der Waals surface area contributed by atoms with Gasteiger partial charge in [0.15, 0.2) is 0 Å². The first-order valence-electron chi connectivity index (χ1n) is 3.97. The number of hydrogen-bond acceptors (Lipinski definition) is 3. The molecule has 66 valence electrons. The lowest BCUT2D eigenvalue weighted by molar-refractivity contribution is 0.738. The smallest absolute Gasteiger partial charge is 0.0440 e. The van der Waals surface area contributed by atoms with Crippen molar-refractivity contribution in [1.82, 2.24) is 0 Å². The topological polar surface area (TPSA) is 78.1 Å². The van der Waals surface area contributed by atoms with E-state index in [1.165, 1.54) is 0 Å². The van der Waals surface area contributed by atoms with Crippen LogP contribution in [-0.4, -0.2) is 6.54 Å². The van der Waals surface area contributed by atoms with Gasteiger partial charge in [-0.3, -0.25) is 0 Å². The molecular formula is C9H15N3. The summed E-state index contributed by atoms with van der Waals surface area (Å²) >= 11 is 0. The van der Waals surface area contributed by atoms with E-state index in [0.29, 0.717) is 6.54 Å². The van der Waals surface area contributed by atoms with Crippen LogP contribution < -0.4 is 17.2 Å². The minimum Gasteiger partial charge on any atom is -0.398 e. The molecule has 0 heterocycles. The Bertz CT molecular complexity index is 270. The molecule has 0 unspecified atom stereocenters. The average molecular weight is 165 g/mol. The Hall–Kier alpha value is -1.06. The zero-order valence-electron chi connectivity index (χ0n) is 7.25. The molecule has 0 radical (unpaired) electrons. The Morgan fingerprint density at radius 1 is 1.42 bits per heavy atom. The molecule has 12 heavy (non-hydrogen) atoms. The van der Waals surface area contributed by atoms with Gasteiger partial charge in [0.2, 0.25) is 0 Å². The molecule has 0 aliphatic rings. The van der Waals surface area contributed by atoms with Crippen molar-refractivity contribution in [2.24, 2.45) is 11.5 Å². The van der Waals surface area contributed by atoms with E-state index in [1.54, 1.807) is 0 Å². The molecule has 0 saturated heterocycles. The number of nitrogens with two attached hydrogens (primary N) is 3. The highest BCUT2D eigenvalue weighted by molar-refractivity contribution is 5.50. The minimum atomic E-state index is -0.148. The van der Waals surface area contributed by atoms with E-state index in [4.69, 9.17) is 17.2 Å². The highest BCUT2D eigenvalue weighted by Gasteiger charge is 2.06. The second-order valence-corrected chi connectivity index (χ2v) is 2.97. The monoisotopic (exact) mass is 165 g/mol. The van der Waals surface area contributed by atoms with Crippen LogP contribution in [0.15, 0.2) is 18.2 Å². The molecule has 1 aromatic carbocycles. The Balaban J connectivity index is 3.04. The minimum absolute atomic E-state index is 0.148. The lowest BCUT2D eigenvalue weighted by atomic mass is 10.0. The number of aryl methyl sites for hydroxylation is 1. The molecule has 1 atom stereocenters. The third kappa shape index (κ3) is 1.75. The fourth-order valence-corrected chi connectivity index (χ4v) is 1.14. The standard InChI is InChI=1S/C9H15N3/c1-6-2-3-8(11)7(4-6)9(12)5-10/h2-4,9H,5,10-12H2,1H3/t9-/m1/s1. The van der Waals surface area contributed by atoms with Gasteiger partial charge in [0.25, 0.3) is 0 Å². The molecule has 0 aromatic heterocycles. The maximum atomic E-state index is 5.76. The van der Waals surface area contributed by atoms with E-state index < -0.39 is 0 Å². The van der Waals surface area contributed by atoms with Gasteiger partial charge in [-0.05, 0) is 18.6 Å². The fourth-order valence-electron chi connectivity index (χ4n) is 1.14. The highest BCUT2D eigenvalue weighted by atomic mass is 14.7. The van der Waals surface area contributed by atoms with Crippen LogP contribution in [0.2, 0.25) is 0 Å². The van der Waals surface area contributed by atoms with Crippen LogP contribution in [-0.2, 0) is 0 Å². The number of nitrogen functional groups attached to an aromatic ring is 1. The molecular weight excluding hydrogens is 150 g/mol. The molecule has 0 aliphatic carbocycles. The number of rotatable bonds is 2. The summed E-state index contributed by atoms with van der Waals surface area (Å²) in [5.41, 5.74) is 19.8. The molecule has 6 N–H and O–H groups in total. The summed E-state index contributed by atoms with van der Waals surface area (Å²) < 4.78 is 0. The molecule has 1 rings (SSSR count). The normalized spacial score (nSPS) is 12.9. The summed E-state index contributed by atoms with van der Waals surface area (Å²) in [5.74, 6) is 0. The second-order valence-electron chi connectivity index (χ2n) is 2.97. The van der Waals surface area contributed by atoms with E-state index in [2.05, 4.69) is 0 Å². The Morgan fingerprint density at radius 3 is 2.67 bits per heavy atom. The van der Waals surface area contributed by atoms with Crippen molar-refractivity contribution in [1.29, 1.82) is 0 Å². The summed E-state index contributed by atoms with van der Waals surface area (Å²) in [6, 6.07) is 5.65. The average Bonchev–Trinajstić information content (AvgIpc) is 2.08. The predicted octanol–water partition coefficient (Wildman–Crippen LogP) is 0.536. The van der Waals surface area contributed by atoms with Gasteiger partial charge >= 0.3 is 0 Å². The molecule has 0 aliphatic heterocycles. The van der Waals surface area contributed by atoms with Gasteiger partial charge < -0.3 is 17.2 Å². The Morgan fingerprint density at radius 2 is 2.08 bits per heavy atom. The molecule has 0 bridgehead atoms. The molecule has 0 saturated carbocycles. The SMILES string of the molecule is Cc1ccc(N)c([C@H](N)CN)c1. The van der Waals surface area contributed by atoms with Crippen LogP contribution in [0, 0.1) is 6.92 Å². The second kappa shape index (κ2) is 3.56. The van der Waals surface area contributed by atoms with E-state index in [1.807, 2.05) is 25.1 Å². The van der Waals surface area contributed by atoms with Crippen molar-refractivity contribution in [3.05, 3.63) is 29.3 Å². The molecule has 3 nitrogen and oxygen atoms in total. The quantitative estimate of drug-likeness (QED) is 0.559. The van der Waals surface area contributed by atoms with E-state index >= 15 is 0 Å². The van der Waals surface area contributed by atoms with Crippen molar-refractivity contribution in [2.45, 2.75) is 13.0 Å². The molecule has 1 aromatic rings. The van der Waals surface area contributed by atoms with E-state index in [9.17, 15) is 0 Å². The van der Waals surface area contributed by atoms with Crippen molar-refractivity contribution in [3.63, 3.8) is 0 Å². The lowest BCUT2D eigenvalue weighted by Crippen LogP contribution is -2.21. The number of benzene rings is 1. The third-order valence-electron chi connectivity index (χ3n) is 1.90. The predicted molar refractivity (Wildman–Crippen MR) is 51.6 cm³/mol. The van der Waals surface area contributed by atoms with Gasteiger partial charge in [0, 0.05) is 18.3 Å². The van der Waals surface area contributed by atoms with E-state index in [0.717, 1.165) is 16.8 Å². The highest BCUT2D eigenvalue weighted by Crippen LogP contribution is 2.18. The first kappa shape index (κ1) is 9.03. The van der Waals surface area contributed by atoms with Gasteiger partial charge in [-0.1, -0.05) is 17.7 Å². The van der Waals surface area contributed by atoms with Crippen LogP contribution in [0.4, 0.5) is 5.69 Å². The maximum Gasteiger partial charge on any atom is 0.0440 e. The third-order valence-corrected chi connectivity index (χ3v) is 1.90. The maximum absolute atomic E-state index is 5.76. The fraction of sp³-hybridized carbons (Fsp3) is 0.333. The molecule has 3 heteroatoms. The summed E-state index contributed by atoms with van der Waals surface area (Å²) in [5, 5.41) is 0. The van der Waals surface area contributed by atoms with Crippen LogP contribution in [0.3, 0.4) is 0 Å². The van der Waals surface area contributed by atoms with Gasteiger partial charge in [-0.15, -0.1) is 0 Å². The van der Waals surface area contributed by atoms with Gasteiger partial charge in [0.05, 0.1) is 0 Å². The van der Waals surface area contributed by atoms with Crippen LogP contribution in [0.5, 0.6) is 0 Å². The van der Waals surface area contributed by atoms with Gasteiger partial charge in [0.1, 0.15) is 0 Å². The zero-order valence-corrected chi connectivity index (χ0v) is 7.25. The van der Waals surface area contributed by atoms with Crippen molar-refractivity contribution >= 4 is 5.69 Å². The largest absolute Gasteiger partial charge is 0.398 e. The first-order valence-corrected chi connectivity index (χ1v) is 3.97. The lowest BCUT2D eigenvalue weighted by Gasteiger charge is -2.12. The number of anilines is 1. The summed E-state index contributed by atoms with van der Waals surface area (Å²) in [6.07, 6.45) is 0. The molecule has 0 spiro atoms. The van der Waals surface area contributed by atoms with E-state index in [-0.39, 0.29) is 6.04 Å². The van der Waals surface area contributed by atoms with Crippen molar-refractivity contribution in [3.8, 4) is 0 Å². The molecule has 0 amide bonds. The first-order chi connectivity index (χ1) is 5.65. The van der Waals surface area contributed by atoms with Gasteiger partial charge in [-0.25, -0.2) is 0 Å². The number of hydrogen-bond donors (Lipinski definition) is 3. The van der Waals surface area contributed by atoms with Crippen molar-refractivity contribution in [2.75, 3.05) is 12.3 Å². The van der Waals surface area contributed by atoms with Crippen LogP contribution >= 0.6 is 0 Å². The Labute approximate surface area is 72.5 Å². The van der Waals surface area contributed by atoms with Crippen LogP contribution in [0.25, 0.3) is 0 Å². The zero-order chi connectivity index (χ0) is 9.14. The van der Waals surface area contributed by atoms with Gasteiger partial charge in [-0.2, -0.15) is 0 Å². The van der Waals surface area contributed by atoms with Crippen molar-refractivity contribution < 1.29 is 0 Å². The summed E-state index contributed by atoms with van der Waals surface area (Å²) in [6.45, 7) is 2.43. The summed E-state index contributed by atoms with van der Waals surface area (Å²) in [7, 11) is 0. The molecule has 0 fully saturated rings. The van der Waals surface area contributed by atoms with Crippen LogP contribution in [0.1, 0.15) is 17.2 Å².